The highest BCUT2D eigenvalue weighted by molar-refractivity contribution is 7.14. The third-order valence-corrected chi connectivity index (χ3v) is 4.86. The number of hydrogen-bond acceptors (Lipinski definition) is 3. The van der Waals surface area contributed by atoms with E-state index in [1.165, 1.54) is 41.0 Å². The third kappa shape index (κ3) is 3.82. The van der Waals surface area contributed by atoms with Crippen molar-refractivity contribution in [1.29, 1.82) is 0 Å². The number of nitrogens with one attached hydrogen (secondary N) is 1. The van der Waals surface area contributed by atoms with Crippen molar-refractivity contribution in [2.45, 2.75) is 38.5 Å². The molecule has 0 atom stereocenters. The van der Waals surface area contributed by atoms with Crippen molar-refractivity contribution in [3.63, 3.8) is 0 Å². The Hall–Kier alpha value is -1.36. The van der Waals surface area contributed by atoms with Crippen LogP contribution in [0.5, 0.6) is 0 Å². The van der Waals surface area contributed by atoms with Gasteiger partial charge >= 0.3 is 0 Å². The molecule has 5 heteroatoms. The second-order valence-electron chi connectivity index (χ2n) is 5.44. The van der Waals surface area contributed by atoms with E-state index in [1.807, 2.05) is 6.07 Å². The van der Waals surface area contributed by atoms with Gasteiger partial charge in [0.25, 0.3) is 5.91 Å². The third-order valence-electron chi connectivity index (χ3n) is 3.62. The van der Waals surface area contributed by atoms with Crippen molar-refractivity contribution < 1.29 is 9.59 Å². The average Bonchev–Trinajstić information content (AvgIpc) is 2.78. The summed E-state index contributed by atoms with van der Waals surface area (Å²) in [6.45, 7) is 0.0639. The minimum atomic E-state index is -0.128. The maximum Gasteiger partial charge on any atom is 0.261 e. The van der Waals surface area contributed by atoms with Gasteiger partial charge in [0.05, 0.1) is 11.4 Å². The molecule has 0 aliphatic heterocycles. The van der Waals surface area contributed by atoms with Crippen molar-refractivity contribution in [2.24, 2.45) is 0 Å². The summed E-state index contributed by atoms with van der Waals surface area (Å²) >= 11 is 1.59. The molecule has 4 nitrogen and oxygen atoms in total. The van der Waals surface area contributed by atoms with Crippen molar-refractivity contribution in [3.05, 3.63) is 21.4 Å². The summed E-state index contributed by atoms with van der Waals surface area (Å²) in [5.41, 5.74) is 1.33. The van der Waals surface area contributed by atoms with Gasteiger partial charge in [-0.15, -0.1) is 11.3 Å². The van der Waals surface area contributed by atoms with Crippen molar-refractivity contribution in [2.75, 3.05) is 20.6 Å². The van der Waals surface area contributed by atoms with Crippen LogP contribution in [-0.2, 0) is 17.6 Å². The molecule has 0 saturated carbocycles. The van der Waals surface area contributed by atoms with Crippen LogP contribution in [0.15, 0.2) is 6.07 Å². The molecule has 110 valence electrons. The molecular weight excluding hydrogens is 272 g/mol. The van der Waals surface area contributed by atoms with Gasteiger partial charge in [-0.2, -0.15) is 0 Å². The lowest BCUT2D eigenvalue weighted by atomic mass is 10.00. The molecule has 20 heavy (non-hydrogen) atoms. The van der Waals surface area contributed by atoms with Gasteiger partial charge in [-0.05, 0) is 37.3 Å². The molecule has 1 aliphatic carbocycles. The van der Waals surface area contributed by atoms with E-state index < -0.39 is 0 Å². The van der Waals surface area contributed by atoms with Gasteiger partial charge in [0, 0.05) is 19.0 Å². The van der Waals surface area contributed by atoms with Gasteiger partial charge in [0.2, 0.25) is 5.91 Å². The number of rotatable bonds is 3. The highest BCUT2D eigenvalue weighted by Crippen LogP contribution is 2.28. The topological polar surface area (TPSA) is 49.4 Å². The number of carbonyl (C=O) groups is 2. The van der Waals surface area contributed by atoms with Gasteiger partial charge in [-0.1, -0.05) is 12.8 Å². The van der Waals surface area contributed by atoms with Crippen LogP contribution in [0.25, 0.3) is 0 Å². The van der Waals surface area contributed by atoms with Crippen LogP contribution in [0, 0.1) is 0 Å². The monoisotopic (exact) mass is 294 g/mol. The Labute approximate surface area is 124 Å². The quantitative estimate of drug-likeness (QED) is 0.929. The van der Waals surface area contributed by atoms with Gasteiger partial charge in [-0.3, -0.25) is 9.59 Å². The maximum absolute atomic E-state index is 12.1. The Morgan fingerprint density at radius 3 is 2.60 bits per heavy atom. The van der Waals surface area contributed by atoms with Crippen LogP contribution in [-0.4, -0.2) is 37.4 Å². The number of fused-ring (bicyclic) bond motifs is 1. The van der Waals surface area contributed by atoms with Crippen molar-refractivity contribution in [1.82, 2.24) is 10.2 Å². The largest absolute Gasteiger partial charge is 0.347 e. The smallest absolute Gasteiger partial charge is 0.261 e. The molecule has 0 spiro atoms. The van der Waals surface area contributed by atoms with Crippen LogP contribution < -0.4 is 5.32 Å². The lowest BCUT2D eigenvalue weighted by molar-refractivity contribution is -0.127. The molecule has 0 saturated heterocycles. The summed E-state index contributed by atoms with van der Waals surface area (Å²) in [6.07, 6.45) is 7.17. The number of nitrogens with zero attached hydrogens (tertiary/aromatic N) is 1. The second kappa shape index (κ2) is 6.88. The summed E-state index contributed by atoms with van der Waals surface area (Å²) in [4.78, 5) is 27.1. The minimum absolute atomic E-state index is 0.0639. The predicted octanol–water partition coefficient (Wildman–Crippen LogP) is 2.23. The molecule has 0 aromatic carbocycles. The average molecular weight is 294 g/mol. The Morgan fingerprint density at radius 2 is 1.90 bits per heavy atom. The molecule has 2 rings (SSSR count). The lowest BCUT2D eigenvalue weighted by Gasteiger charge is -2.10. The summed E-state index contributed by atoms with van der Waals surface area (Å²) in [6, 6.07) is 2.01. The van der Waals surface area contributed by atoms with E-state index in [4.69, 9.17) is 0 Å². The Kier molecular flexibility index (Phi) is 5.17. The summed E-state index contributed by atoms with van der Waals surface area (Å²) in [7, 11) is 3.37. The fourth-order valence-electron chi connectivity index (χ4n) is 2.36. The molecule has 1 aromatic rings. The number of aryl methyl sites for hydroxylation is 2. The molecule has 0 radical (unpaired) electrons. The standard InChI is InChI=1S/C15H22N2O2S/c1-17(2)14(18)10-16-15(19)13-9-11-7-5-3-4-6-8-12(11)20-13/h9H,3-8,10H2,1-2H3,(H,16,19). The van der Waals surface area contributed by atoms with E-state index in [1.54, 1.807) is 25.4 Å². The fraction of sp³-hybridized carbons (Fsp3) is 0.600. The number of carbonyl (C=O) groups excluding carboxylic acids is 2. The highest BCUT2D eigenvalue weighted by Gasteiger charge is 2.16. The number of thiophene rings is 1. The fourth-order valence-corrected chi connectivity index (χ4v) is 3.53. The maximum atomic E-state index is 12.1. The van der Waals surface area contributed by atoms with Crippen LogP contribution in [0.4, 0.5) is 0 Å². The van der Waals surface area contributed by atoms with E-state index in [2.05, 4.69) is 5.32 Å². The minimum Gasteiger partial charge on any atom is -0.347 e. The van der Waals surface area contributed by atoms with Crippen LogP contribution in [0.3, 0.4) is 0 Å². The van der Waals surface area contributed by atoms with E-state index in [0.717, 1.165) is 17.7 Å². The molecule has 1 N–H and O–H groups in total. The molecule has 1 aliphatic rings. The first kappa shape index (κ1) is 15.0. The van der Waals surface area contributed by atoms with Crippen LogP contribution in [0.1, 0.15) is 45.8 Å². The van der Waals surface area contributed by atoms with E-state index in [0.29, 0.717) is 0 Å². The second-order valence-corrected chi connectivity index (χ2v) is 6.58. The van der Waals surface area contributed by atoms with Gasteiger partial charge < -0.3 is 10.2 Å². The Balaban J connectivity index is 2.00. The zero-order chi connectivity index (χ0) is 14.5. The van der Waals surface area contributed by atoms with Crippen molar-refractivity contribution in [3.8, 4) is 0 Å². The molecule has 0 unspecified atom stereocenters. The summed E-state index contributed by atoms with van der Waals surface area (Å²) < 4.78 is 0. The summed E-state index contributed by atoms with van der Waals surface area (Å²) in [5, 5.41) is 2.70. The first-order valence-electron chi connectivity index (χ1n) is 7.18. The molecule has 0 fully saturated rings. The zero-order valence-corrected chi connectivity index (χ0v) is 13.0. The predicted molar refractivity (Wildman–Crippen MR) is 81.2 cm³/mol. The molecular formula is C15H22N2O2S. The molecule has 2 amide bonds. The van der Waals surface area contributed by atoms with Crippen LogP contribution >= 0.6 is 11.3 Å². The molecule has 1 aromatic heterocycles. The van der Waals surface area contributed by atoms with E-state index in [9.17, 15) is 9.59 Å². The van der Waals surface area contributed by atoms with Gasteiger partial charge in [0.15, 0.2) is 0 Å². The SMILES string of the molecule is CN(C)C(=O)CNC(=O)c1cc2c(s1)CCCCCC2. The van der Waals surface area contributed by atoms with E-state index in [-0.39, 0.29) is 18.4 Å². The Bertz CT molecular complexity index is 469. The first-order valence-corrected chi connectivity index (χ1v) is 7.99. The molecule has 0 bridgehead atoms. The van der Waals surface area contributed by atoms with E-state index >= 15 is 0 Å². The van der Waals surface area contributed by atoms with Crippen LogP contribution in [0.2, 0.25) is 0 Å². The summed E-state index contributed by atoms with van der Waals surface area (Å²) in [5.74, 6) is -0.217. The highest BCUT2D eigenvalue weighted by atomic mass is 32.1. The lowest BCUT2D eigenvalue weighted by Crippen LogP contribution is -2.35. The van der Waals surface area contributed by atoms with Gasteiger partial charge in [-0.25, -0.2) is 0 Å². The zero-order valence-electron chi connectivity index (χ0n) is 12.2. The normalized spacial score (nSPS) is 14.9. The Morgan fingerprint density at radius 1 is 1.20 bits per heavy atom. The van der Waals surface area contributed by atoms with Crippen molar-refractivity contribution >= 4 is 23.2 Å². The number of likely N-dealkylation sites (N-methyl/N-ethyl adjacent to an activating group) is 1. The molecule has 1 heterocycles. The van der Waals surface area contributed by atoms with Gasteiger partial charge in [0.1, 0.15) is 0 Å². The number of hydrogen-bond donors (Lipinski definition) is 1. The number of amides is 2. The first-order chi connectivity index (χ1) is 9.58.